The maximum absolute atomic E-state index is 12.2. The van der Waals surface area contributed by atoms with Gasteiger partial charge in [0.1, 0.15) is 0 Å². The van der Waals surface area contributed by atoms with Crippen molar-refractivity contribution in [3.63, 3.8) is 0 Å². The quantitative estimate of drug-likeness (QED) is 0.841. The third-order valence-corrected chi connectivity index (χ3v) is 4.87. The number of hydrogen-bond acceptors (Lipinski definition) is 1. The van der Waals surface area contributed by atoms with Gasteiger partial charge in [0, 0.05) is 16.9 Å². The van der Waals surface area contributed by atoms with E-state index in [0.717, 1.165) is 23.9 Å². The number of halogens is 1. The molecule has 2 unspecified atom stereocenters. The Morgan fingerprint density at radius 2 is 1.95 bits per heavy atom. The van der Waals surface area contributed by atoms with Crippen LogP contribution in [0.3, 0.4) is 0 Å². The molecular formula is C17H18BrNO. The number of carbonyl (C=O) groups is 1. The molecule has 2 aromatic rings. The van der Waals surface area contributed by atoms with E-state index in [1.165, 1.54) is 18.2 Å². The van der Waals surface area contributed by atoms with Crippen LogP contribution in [0.5, 0.6) is 0 Å². The lowest BCUT2D eigenvalue weighted by molar-refractivity contribution is 0.0947. The molecule has 2 atom stereocenters. The Bertz CT molecular complexity index is 625. The van der Waals surface area contributed by atoms with Gasteiger partial charge in [-0.25, -0.2) is 0 Å². The smallest absolute Gasteiger partial charge is 0.251 e. The van der Waals surface area contributed by atoms with Crippen molar-refractivity contribution >= 4 is 32.6 Å². The van der Waals surface area contributed by atoms with E-state index < -0.39 is 0 Å². The van der Waals surface area contributed by atoms with Gasteiger partial charge in [-0.15, -0.1) is 0 Å². The molecule has 3 rings (SSSR count). The minimum Gasteiger partial charge on any atom is -0.352 e. The van der Waals surface area contributed by atoms with Gasteiger partial charge in [-0.1, -0.05) is 46.3 Å². The molecule has 1 fully saturated rings. The predicted molar refractivity (Wildman–Crippen MR) is 86.3 cm³/mol. The Labute approximate surface area is 127 Å². The SMILES string of the molecule is O=C(NCC1CCC(Br)C1)c1ccc2ccccc2c1. The van der Waals surface area contributed by atoms with Crippen molar-refractivity contribution < 1.29 is 4.79 Å². The van der Waals surface area contributed by atoms with Crippen LogP contribution in [0.15, 0.2) is 42.5 Å². The summed E-state index contributed by atoms with van der Waals surface area (Å²) < 4.78 is 0. The van der Waals surface area contributed by atoms with E-state index in [1.807, 2.05) is 36.4 Å². The minimum atomic E-state index is 0.0359. The van der Waals surface area contributed by atoms with Gasteiger partial charge in [0.2, 0.25) is 0 Å². The third kappa shape index (κ3) is 3.04. The van der Waals surface area contributed by atoms with Gasteiger partial charge >= 0.3 is 0 Å². The Hall–Kier alpha value is -1.35. The van der Waals surface area contributed by atoms with Crippen molar-refractivity contribution in [2.75, 3.05) is 6.54 Å². The highest BCUT2D eigenvalue weighted by molar-refractivity contribution is 9.09. The summed E-state index contributed by atoms with van der Waals surface area (Å²) >= 11 is 3.65. The molecule has 0 radical (unpaired) electrons. The molecule has 0 aliphatic heterocycles. The van der Waals surface area contributed by atoms with Gasteiger partial charge in [0.25, 0.3) is 5.91 Å². The average molecular weight is 332 g/mol. The van der Waals surface area contributed by atoms with Crippen molar-refractivity contribution in [3.05, 3.63) is 48.0 Å². The second-order valence-electron chi connectivity index (χ2n) is 5.55. The second-order valence-corrected chi connectivity index (χ2v) is 6.84. The van der Waals surface area contributed by atoms with E-state index in [4.69, 9.17) is 0 Å². The lowest BCUT2D eigenvalue weighted by Crippen LogP contribution is -2.28. The molecule has 1 aliphatic carbocycles. The van der Waals surface area contributed by atoms with Crippen LogP contribution in [0.2, 0.25) is 0 Å². The van der Waals surface area contributed by atoms with Crippen LogP contribution < -0.4 is 5.32 Å². The summed E-state index contributed by atoms with van der Waals surface area (Å²) in [5.74, 6) is 0.651. The number of rotatable bonds is 3. The fourth-order valence-electron chi connectivity index (χ4n) is 2.87. The molecule has 20 heavy (non-hydrogen) atoms. The van der Waals surface area contributed by atoms with Crippen molar-refractivity contribution in [2.24, 2.45) is 5.92 Å². The van der Waals surface area contributed by atoms with Crippen LogP contribution in [-0.2, 0) is 0 Å². The summed E-state index contributed by atoms with van der Waals surface area (Å²) in [5, 5.41) is 5.35. The zero-order chi connectivity index (χ0) is 13.9. The number of fused-ring (bicyclic) bond motifs is 1. The first-order valence-corrected chi connectivity index (χ1v) is 8.05. The molecule has 1 N–H and O–H groups in total. The molecule has 104 valence electrons. The topological polar surface area (TPSA) is 29.1 Å². The first kappa shape index (κ1) is 13.6. The van der Waals surface area contributed by atoms with Crippen LogP contribution in [0.25, 0.3) is 10.8 Å². The molecule has 0 aromatic heterocycles. The van der Waals surface area contributed by atoms with Crippen LogP contribution in [0.1, 0.15) is 29.6 Å². The molecule has 1 saturated carbocycles. The molecule has 2 aromatic carbocycles. The van der Waals surface area contributed by atoms with E-state index in [-0.39, 0.29) is 5.91 Å². The normalized spacial score (nSPS) is 22.1. The Kier molecular flexibility index (Phi) is 4.06. The Morgan fingerprint density at radius 3 is 2.70 bits per heavy atom. The van der Waals surface area contributed by atoms with E-state index in [9.17, 15) is 4.79 Å². The second kappa shape index (κ2) is 5.96. The van der Waals surface area contributed by atoms with Crippen LogP contribution in [0, 0.1) is 5.92 Å². The first-order chi connectivity index (χ1) is 9.72. The van der Waals surface area contributed by atoms with E-state index in [0.29, 0.717) is 10.7 Å². The van der Waals surface area contributed by atoms with Crippen molar-refractivity contribution in [1.82, 2.24) is 5.32 Å². The van der Waals surface area contributed by atoms with E-state index in [1.54, 1.807) is 0 Å². The van der Waals surface area contributed by atoms with Gasteiger partial charge < -0.3 is 5.32 Å². The Morgan fingerprint density at radius 1 is 1.15 bits per heavy atom. The van der Waals surface area contributed by atoms with E-state index >= 15 is 0 Å². The maximum Gasteiger partial charge on any atom is 0.251 e. The first-order valence-electron chi connectivity index (χ1n) is 7.13. The molecule has 3 heteroatoms. The molecule has 0 spiro atoms. The fourth-order valence-corrected chi connectivity index (χ4v) is 3.66. The van der Waals surface area contributed by atoms with Crippen LogP contribution in [-0.4, -0.2) is 17.3 Å². The Balaban J connectivity index is 1.66. The summed E-state index contributed by atoms with van der Waals surface area (Å²) in [4.78, 5) is 12.8. The number of nitrogens with one attached hydrogen (secondary N) is 1. The zero-order valence-corrected chi connectivity index (χ0v) is 12.9. The third-order valence-electron chi connectivity index (χ3n) is 4.04. The lowest BCUT2D eigenvalue weighted by Gasteiger charge is -2.11. The van der Waals surface area contributed by atoms with Gasteiger partial charge in [-0.05, 0) is 48.1 Å². The van der Waals surface area contributed by atoms with Gasteiger partial charge in [0.15, 0.2) is 0 Å². The minimum absolute atomic E-state index is 0.0359. The number of amides is 1. The fraction of sp³-hybridized carbons (Fsp3) is 0.353. The molecule has 1 aliphatic rings. The summed E-state index contributed by atoms with van der Waals surface area (Å²) in [6.45, 7) is 0.785. The molecule has 2 nitrogen and oxygen atoms in total. The number of carbonyl (C=O) groups excluding carboxylic acids is 1. The number of hydrogen-bond donors (Lipinski definition) is 1. The molecular weight excluding hydrogens is 314 g/mol. The highest BCUT2D eigenvalue weighted by Crippen LogP contribution is 2.30. The zero-order valence-electron chi connectivity index (χ0n) is 11.3. The molecule has 1 amide bonds. The van der Waals surface area contributed by atoms with Crippen LogP contribution in [0.4, 0.5) is 0 Å². The van der Waals surface area contributed by atoms with Gasteiger partial charge in [0.05, 0.1) is 0 Å². The predicted octanol–water partition coefficient (Wildman–Crippen LogP) is 4.13. The summed E-state index contributed by atoms with van der Waals surface area (Å²) in [7, 11) is 0. The van der Waals surface area contributed by atoms with Gasteiger partial charge in [-0.3, -0.25) is 4.79 Å². The molecule has 0 saturated heterocycles. The lowest BCUT2D eigenvalue weighted by atomic mass is 10.1. The molecule has 0 bridgehead atoms. The van der Waals surface area contributed by atoms with E-state index in [2.05, 4.69) is 27.3 Å². The van der Waals surface area contributed by atoms with Crippen molar-refractivity contribution in [2.45, 2.75) is 24.1 Å². The van der Waals surface area contributed by atoms with Crippen LogP contribution >= 0.6 is 15.9 Å². The number of alkyl halides is 1. The maximum atomic E-state index is 12.2. The number of benzene rings is 2. The summed E-state index contributed by atoms with van der Waals surface area (Å²) in [6, 6.07) is 14.0. The van der Waals surface area contributed by atoms with Crippen molar-refractivity contribution in [3.8, 4) is 0 Å². The van der Waals surface area contributed by atoms with Crippen molar-refractivity contribution in [1.29, 1.82) is 0 Å². The largest absolute Gasteiger partial charge is 0.352 e. The summed E-state index contributed by atoms with van der Waals surface area (Å²) in [5.41, 5.74) is 0.747. The van der Waals surface area contributed by atoms with Gasteiger partial charge in [-0.2, -0.15) is 0 Å². The highest BCUT2D eigenvalue weighted by Gasteiger charge is 2.22. The summed E-state index contributed by atoms with van der Waals surface area (Å²) in [6.07, 6.45) is 3.59. The monoisotopic (exact) mass is 331 g/mol. The standard InChI is InChI=1S/C17H18BrNO/c18-16-8-5-12(9-16)11-19-17(20)15-7-6-13-3-1-2-4-14(13)10-15/h1-4,6-7,10,12,16H,5,8-9,11H2,(H,19,20). The highest BCUT2D eigenvalue weighted by atomic mass is 79.9. The average Bonchev–Trinajstić information content (AvgIpc) is 2.90. The molecule has 0 heterocycles.